The predicted octanol–water partition coefficient (Wildman–Crippen LogP) is 3.82. The van der Waals surface area contributed by atoms with Gasteiger partial charge in [0.15, 0.2) is 28.8 Å². The Morgan fingerprint density at radius 2 is 1.54 bits per heavy atom. The van der Waals surface area contributed by atoms with Crippen LogP contribution < -0.4 is 9.47 Å². The molecular weight excluding hydrogens is 459 g/mol. The van der Waals surface area contributed by atoms with Crippen LogP contribution >= 0.6 is 0 Å². The maximum atomic E-state index is 16.0. The number of ketones is 1. The Morgan fingerprint density at radius 1 is 1.00 bits per heavy atom. The van der Waals surface area contributed by atoms with Gasteiger partial charge in [0.25, 0.3) is 0 Å². The number of benzene rings is 2. The van der Waals surface area contributed by atoms with E-state index in [0.29, 0.717) is 11.1 Å². The van der Waals surface area contributed by atoms with E-state index in [9.17, 15) is 24.9 Å². The van der Waals surface area contributed by atoms with Crippen LogP contribution in [0.15, 0.2) is 48.6 Å². The van der Waals surface area contributed by atoms with Gasteiger partial charge in [0, 0.05) is 12.8 Å². The number of phenolic OH excluding ortho intramolecular Hbond substituents is 2. The standard InChI is InChI=1S/C26H29FO8/c1-4-35-25(32)13-14-26(27,23(30)11-7-17-5-9-19(28)21(15-17)33-2)24(31)12-8-18-6-10-20(29)22(16-18)34-3/h5-12,15-16,23,28-30H,4,13-14H2,1-3H3/b11-7+,12-8+. The molecule has 0 bridgehead atoms. The minimum atomic E-state index is -2.83. The quantitative estimate of drug-likeness (QED) is 0.304. The van der Waals surface area contributed by atoms with Crippen molar-refractivity contribution in [3.8, 4) is 23.0 Å². The van der Waals surface area contributed by atoms with Crippen molar-refractivity contribution >= 4 is 23.9 Å². The van der Waals surface area contributed by atoms with Crippen LogP contribution in [0.2, 0.25) is 0 Å². The Bertz CT molecular complexity index is 1090. The summed E-state index contributed by atoms with van der Waals surface area (Å²) >= 11 is 0. The van der Waals surface area contributed by atoms with Crippen LogP contribution in [0.3, 0.4) is 0 Å². The van der Waals surface area contributed by atoms with Gasteiger partial charge in [-0.25, -0.2) is 4.39 Å². The number of alkyl halides is 1. The van der Waals surface area contributed by atoms with Crippen LogP contribution in [-0.4, -0.2) is 59.7 Å². The second-order valence-electron chi connectivity index (χ2n) is 7.53. The summed E-state index contributed by atoms with van der Waals surface area (Å²) in [5.41, 5.74) is -1.91. The fraction of sp³-hybridized carbons (Fsp3) is 0.308. The average molecular weight is 489 g/mol. The molecule has 2 unspecified atom stereocenters. The zero-order valence-corrected chi connectivity index (χ0v) is 19.7. The van der Waals surface area contributed by atoms with E-state index in [4.69, 9.17) is 14.2 Å². The summed E-state index contributed by atoms with van der Waals surface area (Å²) < 4.78 is 30.8. The Kier molecular flexibility index (Phi) is 9.84. The smallest absolute Gasteiger partial charge is 0.305 e. The SMILES string of the molecule is CCOC(=O)CCC(F)(C(=O)/C=C/c1ccc(O)c(OC)c1)C(O)/C=C/c1ccc(O)c(OC)c1. The van der Waals surface area contributed by atoms with E-state index in [2.05, 4.69) is 0 Å². The maximum Gasteiger partial charge on any atom is 0.305 e. The number of methoxy groups -OCH3 is 2. The first-order valence-corrected chi connectivity index (χ1v) is 10.8. The van der Waals surface area contributed by atoms with Crippen molar-refractivity contribution in [3.63, 3.8) is 0 Å². The van der Waals surface area contributed by atoms with Crippen molar-refractivity contribution in [2.24, 2.45) is 0 Å². The summed E-state index contributed by atoms with van der Waals surface area (Å²) in [5.74, 6) is -1.61. The molecule has 0 radical (unpaired) electrons. The number of carbonyl (C=O) groups excluding carboxylic acids is 2. The van der Waals surface area contributed by atoms with E-state index in [0.717, 1.165) is 12.2 Å². The molecule has 0 aromatic heterocycles. The fourth-order valence-corrected chi connectivity index (χ4v) is 3.19. The molecular formula is C26H29FO8. The van der Waals surface area contributed by atoms with Gasteiger partial charge in [-0.05, 0) is 48.4 Å². The van der Waals surface area contributed by atoms with Crippen molar-refractivity contribution in [3.05, 3.63) is 59.7 Å². The summed E-state index contributed by atoms with van der Waals surface area (Å²) in [4.78, 5) is 24.7. The van der Waals surface area contributed by atoms with E-state index in [-0.39, 0.29) is 29.6 Å². The van der Waals surface area contributed by atoms with Crippen LogP contribution in [0.4, 0.5) is 4.39 Å². The lowest BCUT2D eigenvalue weighted by atomic mass is 9.87. The van der Waals surface area contributed by atoms with Crippen molar-refractivity contribution < 1.29 is 43.5 Å². The first-order chi connectivity index (χ1) is 16.6. The number of rotatable bonds is 12. The van der Waals surface area contributed by atoms with Gasteiger partial charge in [0.2, 0.25) is 5.67 Å². The molecule has 0 aliphatic carbocycles. The molecule has 2 atom stereocenters. The van der Waals surface area contributed by atoms with Crippen molar-refractivity contribution in [2.45, 2.75) is 31.5 Å². The van der Waals surface area contributed by atoms with Crippen molar-refractivity contribution in [1.29, 1.82) is 0 Å². The molecule has 0 saturated heterocycles. The first-order valence-electron chi connectivity index (χ1n) is 10.8. The third kappa shape index (κ3) is 7.31. The molecule has 0 aliphatic rings. The van der Waals surface area contributed by atoms with Crippen LogP contribution in [0.1, 0.15) is 30.9 Å². The predicted molar refractivity (Wildman–Crippen MR) is 128 cm³/mol. The van der Waals surface area contributed by atoms with Gasteiger partial charge in [-0.2, -0.15) is 0 Å². The topological polar surface area (TPSA) is 123 Å². The zero-order valence-electron chi connectivity index (χ0n) is 19.7. The lowest BCUT2D eigenvalue weighted by molar-refractivity contribution is -0.145. The summed E-state index contributed by atoms with van der Waals surface area (Å²) in [6, 6.07) is 8.65. The molecule has 2 aromatic rings. The number of phenols is 2. The lowest BCUT2D eigenvalue weighted by Crippen LogP contribution is -2.44. The van der Waals surface area contributed by atoms with Crippen molar-refractivity contribution in [1.82, 2.24) is 0 Å². The van der Waals surface area contributed by atoms with Gasteiger partial charge in [-0.15, -0.1) is 0 Å². The Morgan fingerprint density at radius 3 is 2.06 bits per heavy atom. The number of aromatic hydroxyl groups is 2. The van der Waals surface area contributed by atoms with Gasteiger partial charge in [0.1, 0.15) is 6.10 Å². The van der Waals surface area contributed by atoms with Gasteiger partial charge in [-0.1, -0.05) is 30.4 Å². The molecule has 0 heterocycles. The Balaban J connectivity index is 2.31. The second-order valence-corrected chi connectivity index (χ2v) is 7.53. The number of ether oxygens (including phenoxy) is 3. The molecule has 2 rings (SSSR count). The largest absolute Gasteiger partial charge is 0.504 e. The van der Waals surface area contributed by atoms with Crippen LogP contribution in [0, 0.1) is 0 Å². The van der Waals surface area contributed by atoms with Crippen LogP contribution in [0.5, 0.6) is 23.0 Å². The van der Waals surface area contributed by atoms with Gasteiger partial charge < -0.3 is 29.5 Å². The lowest BCUT2D eigenvalue weighted by Gasteiger charge is -2.26. The third-order valence-corrected chi connectivity index (χ3v) is 5.18. The molecule has 9 heteroatoms. The minimum Gasteiger partial charge on any atom is -0.504 e. The zero-order chi connectivity index (χ0) is 26.0. The van der Waals surface area contributed by atoms with E-state index < -0.39 is 36.4 Å². The van der Waals surface area contributed by atoms with Gasteiger partial charge in [-0.3, -0.25) is 9.59 Å². The molecule has 0 saturated carbocycles. The van der Waals surface area contributed by atoms with Gasteiger partial charge in [0.05, 0.1) is 20.8 Å². The fourth-order valence-electron chi connectivity index (χ4n) is 3.19. The molecule has 0 aliphatic heterocycles. The molecule has 0 amide bonds. The average Bonchev–Trinajstić information content (AvgIpc) is 2.85. The highest BCUT2D eigenvalue weighted by atomic mass is 19.1. The number of aliphatic hydroxyl groups excluding tert-OH is 1. The van der Waals surface area contributed by atoms with Gasteiger partial charge >= 0.3 is 5.97 Å². The summed E-state index contributed by atoms with van der Waals surface area (Å²) in [6.07, 6.45) is 1.79. The normalized spacial score (nSPS) is 14.0. The van der Waals surface area contributed by atoms with Crippen LogP contribution in [0.25, 0.3) is 12.2 Å². The number of halogens is 1. The number of esters is 1. The van der Waals surface area contributed by atoms with E-state index in [1.54, 1.807) is 6.92 Å². The number of carbonyl (C=O) groups is 2. The Hall–Kier alpha value is -3.85. The van der Waals surface area contributed by atoms with Crippen molar-refractivity contribution in [2.75, 3.05) is 20.8 Å². The molecule has 0 fully saturated rings. The van der Waals surface area contributed by atoms with E-state index >= 15 is 4.39 Å². The molecule has 3 N–H and O–H groups in total. The summed E-state index contributed by atoms with van der Waals surface area (Å²) in [7, 11) is 2.73. The Labute approximate surface area is 202 Å². The van der Waals surface area contributed by atoms with E-state index in [1.165, 1.54) is 62.8 Å². The van der Waals surface area contributed by atoms with E-state index in [1.807, 2.05) is 0 Å². The number of allylic oxidation sites excluding steroid dienone is 1. The molecule has 0 spiro atoms. The minimum absolute atomic E-state index is 0.0920. The third-order valence-electron chi connectivity index (χ3n) is 5.18. The molecule has 8 nitrogen and oxygen atoms in total. The molecule has 35 heavy (non-hydrogen) atoms. The second kappa shape index (κ2) is 12.6. The molecule has 188 valence electrons. The highest BCUT2D eigenvalue weighted by molar-refractivity contribution is 6.01. The number of hydrogen-bond acceptors (Lipinski definition) is 8. The number of aliphatic hydroxyl groups is 1. The van der Waals surface area contributed by atoms with Crippen LogP contribution in [-0.2, 0) is 14.3 Å². The highest BCUT2D eigenvalue weighted by Gasteiger charge is 2.43. The summed E-state index contributed by atoms with van der Waals surface area (Å²) in [6.45, 7) is 1.70. The molecule has 2 aromatic carbocycles. The monoisotopic (exact) mass is 488 g/mol. The first kappa shape index (κ1) is 27.4. The summed E-state index contributed by atoms with van der Waals surface area (Å²) in [5, 5.41) is 30.0. The maximum absolute atomic E-state index is 16.0. The number of hydrogen-bond donors (Lipinski definition) is 3. The highest BCUT2D eigenvalue weighted by Crippen LogP contribution is 2.30.